The number of rotatable bonds is 11. The average Bonchev–Trinajstić information content (AvgIpc) is 2.59. The second kappa shape index (κ2) is 12.7. The lowest BCUT2D eigenvalue weighted by Gasteiger charge is -2.18. The van der Waals surface area contributed by atoms with E-state index in [2.05, 4.69) is 25.3 Å². The van der Waals surface area contributed by atoms with Crippen LogP contribution in [0.3, 0.4) is 0 Å². The first-order chi connectivity index (χ1) is 12.5. The SMILES string of the molecule is CN=C(NCCN(C)CCCOC)NCc1cc(Cl)ccc1OC(F)F. The fraction of sp³-hybridized carbons (Fsp3) is 0.588. The highest BCUT2D eigenvalue weighted by atomic mass is 35.5. The molecule has 26 heavy (non-hydrogen) atoms. The summed E-state index contributed by atoms with van der Waals surface area (Å²) in [4.78, 5) is 6.31. The van der Waals surface area contributed by atoms with Gasteiger partial charge in [0.25, 0.3) is 0 Å². The molecule has 6 nitrogen and oxygen atoms in total. The smallest absolute Gasteiger partial charge is 0.387 e. The number of halogens is 3. The molecular formula is C17H27ClF2N4O2. The van der Waals surface area contributed by atoms with Gasteiger partial charge in [-0.25, -0.2) is 0 Å². The molecule has 0 radical (unpaired) electrons. The van der Waals surface area contributed by atoms with Crippen molar-refractivity contribution in [2.75, 3.05) is 47.4 Å². The second-order valence-electron chi connectivity index (χ2n) is 5.63. The summed E-state index contributed by atoms with van der Waals surface area (Å²) in [6, 6.07) is 4.52. The van der Waals surface area contributed by atoms with E-state index in [1.807, 2.05) is 7.05 Å². The number of benzene rings is 1. The van der Waals surface area contributed by atoms with Gasteiger partial charge in [0.05, 0.1) is 0 Å². The van der Waals surface area contributed by atoms with E-state index in [4.69, 9.17) is 16.3 Å². The van der Waals surface area contributed by atoms with E-state index in [-0.39, 0.29) is 12.3 Å². The van der Waals surface area contributed by atoms with Gasteiger partial charge in [0.1, 0.15) is 5.75 Å². The molecule has 1 rings (SSSR count). The van der Waals surface area contributed by atoms with E-state index in [1.165, 1.54) is 12.1 Å². The van der Waals surface area contributed by atoms with Crippen LogP contribution in [0.15, 0.2) is 23.2 Å². The Morgan fingerprint density at radius 2 is 2.08 bits per heavy atom. The number of likely N-dealkylation sites (N-methyl/N-ethyl adjacent to an activating group) is 1. The van der Waals surface area contributed by atoms with E-state index in [0.717, 1.165) is 26.1 Å². The van der Waals surface area contributed by atoms with E-state index in [1.54, 1.807) is 20.2 Å². The minimum atomic E-state index is -2.89. The van der Waals surface area contributed by atoms with Gasteiger partial charge >= 0.3 is 6.61 Å². The number of nitrogens with zero attached hydrogens (tertiary/aromatic N) is 2. The van der Waals surface area contributed by atoms with Gasteiger partial charge in [-0.15, -0.1) is 0 Å². The van der Waals surface area contributed by atoms with Crippen LogP contribution in [0, 0.1) is 0 Å². The number of nitrogens with one attached hydrogen (secondary N) is 2. The predicted octanol–water partition coefficient (Wildman–Crippen LogP) is 2.57. The monoisotopic (exact) mass is 392 g/mol. The number of hydrogen-bond acceptors (Lipinski definition) is 4. The van der Waals surface area contributed by atoms with E-state index < -0.39 is 6.61 Å². The summed E-state index contributed by atoms with van der Waals surface area (Å²) in [7, 11) is 5.37. The molecule has 0 fully saturated rings. The third kappa shape index (κ3) is 9.17. The van der Waals surface area contributed by atoms with Crippen LogP contribution in [0.4, 0.5) is 8.78 Å². The van der Waals surface area contributed by atoms with Crippen molar-refractivity contribution in [2.45, 2.75) is 19.6 Å². The maximum atomic E-state index is 12.5. The summed E-state index contributed by atoms with van der Waals surface area (Å²) in [6.07, 6.45) is 0.974. The average molecular weight is 393 g/mol. The van der Waals surface area contributed by atoms with Crippen LogP contribution in [-0.4, -0.2) is 64.9 Å². The minimum Gasteiger partial charge on any atom is -0.434 e. The number of hydrogen-bond donors (Lipinski definition) is 2. The topological polar surface area (TPSA) is 58.1 Å². The van der Waals surface area contributed by atoms with Crippen molar-refractivity contribution in [1.82, 2.24) is 15.5 Å². The van der Waals surface area contributed by atoms with E-state index >= 15 is 0 Å². The van der Waals surface area contributed by atoms with Gasteiger partial charge in [-0.1, -0.05) is 11.6 Å². The Morgan fingerprint density at radius 1 is 1.31 bits per heavy atom. The highest BCUT2D eigenvalue weighted by molar-refractivity contribution is 6.30. The summed E-state index contributed by atoms with van der Waals surface area (Å²) < 4.78 is 34.5. The first kappa shape index (κ1) is 22.4. The molecule has 0 saturated heterocycles. The minimum absolute atomic E-state index is 0.0882. The lowest BCUT2D eigenvalue weighted by atomic mass is 10.2. The van der Waals surface area contributed by atoms with Gasteiger partial charge in [0.15, 0.2) is 5.96 Å². The van der Waals surface area contributed by atoms with E-state index in [9.17, 15) is 8.78 Å². The molecule has 1 aromatic rings. The van der Waals surface area contributed by atoms with Crippen molar-refractivity contribution in [1.29, 1.82) is 0 Å². The number of ether oxygens (including phenoxy) is 2. The van der Waals surface area contributed by atoms with Crippen LogP contribution in [0.25, 0.3) is 0 Å². The maximum absolute atomic E-state index is 12.5. The zero-order valence-electron chi connectivity index (χ0n) is 15.4. The molecule has 0 unspecified atom stereocenters. The molecule has 0 aliphatic rings. The van der Waals surface area contributed by atoms with E-state index in [0.29, 0.717) is 23.1 Å². The largest absolute Gasteiger partial charge is 0.434 e. The van der Waals surface area contributed by atoms with Gasteiger partial charge in [-0.3, -0.25) is 4.99 Å². The standard InChI is InChI=1S/C17H27ClF2N4O2/c1-21-17(22-7-9-24(2)8-4-10-25-3)23-12-13-11-14(18)5-6-15(13)26-16(19)20/h5-6,11,16H,4,7-10,12H2,1-3H3,(H2,21,22,23). The molecule has 0 heterocycles. The molecule has 0 aliphatic carbocycles. The zero-order valence-corrected chi connectivity index (χ0v) is 16.2. The van der Waals surface area contributed by atoms with Crippen molar-refractivity contribution < 1.29 is 18.3 Å². The predicted molar refractivity (Wildman–Crippen MR) is 100 cm³/mol. The quantitative estimate of drug-likeness (QED) is 0.344. The van der Waals surface area contributed by atoms with Crippen LogP contribution < -0.4 is 15.4 Å². The molecule has 0 saturated carbocycles. The molecule has 148 valence electrons. The third-order valence-corrected chi connectivity index (χ3v) is 3.82. The molecule has 0 atom stereocenters. The molecule has 9 heteroatoms. The number of aliphatic imine (C=N–C) groups is 1. The van der Waals surface area contributed by atoms with Crippen molar-refractivity contribution >= 4 is 17.6 Å². The summed E-state index contributed by atoms with van der Waals surface area (Å²) >= 11 is 5.94. The third-order valence-electron chi connectivity index (χ3n) is 3.58. The van der Waals surface area contributed by atoms with Crippen molar-refractivity contribution in [3.8, 4) is 5.75 Å². The second-order valence-corrected chi connectivity index (χ2v) is 6.07. The van der Waals surface area contributed by atoms with Crippen molar-refractivity contribution in [3.05, 3.63) is 28.8 Å². The van der Waals surface area contributed by atoms with Crippen LogP contribution in [-0.2, 0) is 11.3 Å². The lowest BCUT2D eigenvalue weighted by Crippen LogP contribution is -2.40. The molecule has 0 amide bonds. The summed E-state index contributed by atoms with van der Waals surface area (Å²) in [5.74, 6) is 0.656. The zero-order chi connectivity index (χ0) is 19.4. The Morgan fingerprint density at radius 3 is 2.73 bits per heavy atom. The molecule has 0 spiro atoms. The lowest BCUT2D eigenvalue weighted by molar-refractivity contribution is -0.0504. The Bertz CT molecular complexity index is 562. The van der Waals surface area contributed by atoms with Gasteiger partial charge in [0.2, 0.25) is 0 Å². The number of guanidine groups is 1. The fourth-order valence-corrected chi connectivity index (χ4v) is 2.45. The van der Waals surface area contributed by atoms with Crippen molar-refractivity contribution in [2.24, 2.45) is 4.99 Å². The van der Waals surface area contributed by atoms with Gasteiger partial charge in [-0.2, -0.15) is 8.78 Å². The van der Waals surface area contributed by atoms with Gasteiger partial charge in [-0.05, 0) is 31.7 Å². The van der Waals surface area contributed by atoms with Crippen molar-refractivity contribution in [3.63, 3.8) is 0 Å². The Kier molecular flexibility index (Phi) is 10.9. The number of methoxy groups -OCH3 is 1. The maximum Gasteiger partial charge on any atom is 0.387 e. The first-order valence-electron chi connectivity index (χ1n) is 8.31. The Labute approximate surface area is 158 Å². The Balaban J connectivity index is 2.46. The molecule has 0 aromatic heterocycles. The highest BCUT2D eigenvalue weighted by Gasteiger charge is 2.11. The molecule has 0 bridgehead atoms. The van der Waals surface area contributed by atoms with Crippen LogP contribution in [0.2, 0.25) is 5.02 Å². The number of alkyl halides is 2. The molecular weight excluding hydrogens is 366 g/mol. The summed E-state index contributed by atoms with van der Waals surface area (Å²) in [6.45, 7) is 0.579. The molecule has 1 aromatic carbocycles. The highest BCUT2D eigenvalue weighted by Crippen LogP contribution is 2.24. The molecule has 2 N–H and O–H groups in total. The molecule has 0 aliphatic heterocycles. The van der Waals surface area contributed by atoms with Crippen LogP contribution in [0.1, 0.15) is 12.0 Å². The summed E-state index contributed by atoms with van der Waals surface area (Å²) in [5, 5.41) is 6.70. The van der Waals surface area contributed by atoms with Crippen LogP contribution >= 0.6 is 11.6 Å². The Hall–Kier alpha value is -1.64. The van der Waals surface area contributed by atoms with Gasteiger partial charge < -0.3 is 25.0 Å². The fourth-order valence-electron chi connectivity index (χ4n) is 2.25. The van der Waals surface area contributed by atoms with Gasteiger partial charge in [0, 0.05) is 57.5 Å². The first-order valence-corrected chi connectivity index (χ1v) is 8.69. The summed E-state index contributed by atoms with van der Waals surface area (Å²) in [5.41, 5.74) is 0.525. The van der Waals surface area contributed by atoms with Crippen LogP contribution in [0.5, 0.6) is 5.75 Å². The normalized spacial score (nSPS) is 11.9.